The number of hydrogen-bond donors (Lipinski definition) is 1. The molecule has 4 nitrogen and oxygen atoms in total. The minimum atomic E-state index is -0.0177. The lowest BCUT2D eigenvalue weighted by atomic mass is 10.2. The molecule has 0 radical (unpaired) electrons. The van der Waals surface area contributed by atoms with Crippen molar-refractivity contribution in [3.05, 3.63) is 46.3 Å². The maximum absolute atomic E-state index is 12.5. The van der Waals surface area contributed by atoms with Crippen LogP contribution < -0.4 is 5.73 Å². The Balaban J connectivity index is 2.19. The molecule has 2 rings (SSSR count). The monoisotopic (exact) mass is 275 g/mol. The lowest BCUT2D eigenvalue weighted by Gasteiger charge is -2.26. The van der Waals surface area contributed by atoms with Gasteiger partial charge in [-0.3, -0.25) is 4.79 Å². The van der Waals surface area contributed by atoms with Crippen LogP contribution in [-0.4, -0.2) is 21.8 Å². The number of thiophene rings is 1. The molecule has 0 aliphatic rings. The largest absolute Gasteiger partial charge is 0.384 e. The lowest BCUT2D eigenvalue weighted by molar-refractivity contribution is 0.0692. The normalized spacial score (nSPS) is 10.7. The quantitative estimate of drug-likeness (QED) is 0.933. The van der Waals surface area contributed by atoms with Gasteiger partial charge < -0.3 is 10.6 Å². The molecule has 0 fully saturated rings. The van der Waals surface area contributed by atoms with Crippen molar-refractivity contribution in [2.24, 2.45) is 0 Å². The first-order valence-corrected chi connectivity index (χ1v) is 7.01. The van der Waals surface area contributed by atoms with Crippen LogP contribution in [0.25, 0.3) is 0 Å². The second-order valence-electron chi connectivity index (χ2n) is 4.58. The highest BCUT2D eigenvalue weighted by Crippen LogP contribution is 2.16. The van der Waals surface area contributed by atoms with Gasteiger partial charge in [-0.2, -0.15) is 0 Å². The fourth-order valence-electron chi connectivity index (χ4n) is 1.76. The lowest BCUT2D eigenvalue weighted by Crippen LogP contribution is -2.36. The average Bonchev–Trinajstić information content (AvgIpc) is 2.88. The van der Waals surface area contributed by atoms with Crippen molar-refractivity contribution in [3.63, 3.8) is 0 Å². The standard InChI is InChI=1S/C14H17N3OS/c1-10(2)17(9-12-4-3-7-19-12)14(18)11-5-6-13(15)16-8-11/h3-8,10H,9H2,1-2H3,(H2,15,16). The Hall–Kier alpha value is -1.88. The summed E-state index contributed by atoms with van der Waals surface area (Å²) in [5.41, 5.74) is 6.11. The maximum atomic E-state index is 12.5. The van der Waals surface area contributed by atoms with E-state index in [-0.39, 0.29) is 11.9 Å². The Bertz CT molecular complexity index is 534. The summed E-state index contributed by atoms with van der Waals surface area (Å²) in [5, 5.41) is 2.02. The summed E-state index contributed by atoms with van der Waals surface area (Å²) in [4.78, 5) is 19.4. The number of pyridine rings is 1. The van der Waals surface area contributed by atoms with Crippen molar-refractivity contribution in [1.29, 1.82) is 0 Å². The first kappa shape index (κ1) is 13.5. The van der Waals surface area contributed by atoms with Gasteiger partial charge in [0.25, 0.3) is 5.91 Å². The van der Waals surface area contributed by atoms with Crippen LogP contribution in [-0.2, 0) is 6.54 Å². The highest BCUT2D eigenvalue weighted by Gasteiger charge is 2.19. The molecule has 0 aliphatic heterocycles. The topological polar surface area (TPSA) is 59.2 Å². The molecule has 0 bridgehead atoms. The van der Waals surface area contributed by atoms with E-state index < -0.39 is 0 Å². The van der Waals surface area contributed by atoms with Crippen LogP contribution in [0.4, 0.5) is 5.82 Å². The van der Waals surface area contributed by atoms with Crippen molar-refractivity contribution in [2.45, 2.75) is 26.4 Å². The number of nitrogens with zero attached hydrogens (tertiary/aromatic N) is 2. The maximum Gasteiger partial charge on any atom is 0.255 e. The number of hydrogen-bond acceptors (Lipinski definition) is 4. The number of nitrogens with two attached hydrogens (primary N) is 1. The molecule has 19 heavy (non-hydrogen) atoms. The van der Waals surface area contributed by atoms with Crippen molar-refractivity contribution in [3.8, 4) is 0 Å². The van der Waals surface area contributed by atoms with E-state index in [1.807, 2.05) is 36.3 Å². The summed E-state index contributed by atoms with van der Waals surface area (Å²) in [6.45, 7) is 4.64. The number of carbonyl (C=O) groups excluding carboxylic acids is 1. The van der Waals surface area contributed by atoms with E-state index in [9.17, 15) is 4.79 Å². The molecule has 1 amide bonds. The van der Waals surface area contributed by atoms with Gasteiger partial charge in [-0.05, 0) is 37.4 Å². The summed E-state index contributed by atoms with van der Waals surface area (Å²) >= 11 is 1.65. The number of anilines is 1. The summed E-state index contributed by atoms with van der Waals surface area (Å²) in [6.07, 6.45) is 1.53. The van der Waals surface area contributed by atoms with Gasteiger partial charge in [-0.15, -0.1) is 11.3 Å². The van der Waals surface area contributed by atoms with Gasteiger partial charge in [0.1, 0.15) is 5.82 Å². The van der Waals surface area contributed by atoms with Crippen LogP contribution >= 0.6 is 11.3 Å². The zero-order chi connectivity index (χ0) is 13.8. The molecule has 2 N–H and O–H groups in total. The second kappa shape index (κ2) is 5.84. The van der Waals surface area contributed by atoms with Crippen molar-refractivity contribution >= 4 is 23.1 Å². The number of amides is 1. The predicted octanol–water partition coefficient (Wildman–Crippen LogP) is 2.78. The minimum absolute atomic E-state index is 0.0177. The second-order valence-corrected chi connectivity index (χ2v) is 5.61. The van der Waals surface area contributed by atoms with Gasteiger partial charge in [0.2, 0.25) is 0 Å². The third kappa shape index (κ3) is 3.32. The molecule has 2 heterocycles. The van der Waals surface area contributed by atoms with Crippen LogP contribution in [0.1, 0.15) is 29.1 Å². The highest BCUT2D eigenvalue weighted by atomic mass is 32.1. The summed E-state index contributed by atoms with van der Waals surface area (Å²) in [5.74, 6) is 0.404. The van der Waals surface area contributed by atoms with Gasteiger partial charge in [-0.25, -0.2) is 4.98 Å². The molecule has 0 spiro atoms. The molecule has 0 saturated heterocycles. The SMILES string of the molecule is CC(C)N(Cc1cccs1)C(=O)c1ccc(N)nc1. The van der Waals surface area contributed by atoms with Crippen molar-refractivity contribution < 1.29 is 4.79 Å². The van der Waals surface area contributed by atoms with Crippen LogP contribution in [0.5, 0.6) is 0 Å². The van der Waals surface area contributed by atoms with Gasteiger partial charge >= 0.3 is 0 Å². The Morgan fingerprint density at radius 2 is 2.21 bits per heavy atom. The summed E-state index contributed by atoms with van der Waals surface area (Å²) in [7, 11) is 0. The number of aromatic nitrogens is 1. The van der Waals surface area contributed by atoms with E-state index in [1.54, 1.807) is 23.5 Å². The predicted molar refractivity (Wildman–Crippen MR) is 78.0 cm³/mol. The van der Waals surface area contributed by atoms with E-state index >= 15 is 0 Å². The molecule has 0 saturated carbocycles. The van der Waals surface area contributed by atoms with E-state index in [1.165, 1.54) is 11.1 Å². The number of nitrogen functional groups attached to an aromatic ring is 1. The fourth-order valence-corrected chi connectivity index (χ4v) is 2.46. The highest BCUT2D eigenvalue weighted by molar-refractivity contribution is 7.09. The Labute approximate surface area is 116 Å². The molecule has 2 aromatic heterocycles. The zero-order valence-corrected chi connectivity index (χ0v) is 11.9. The minimum Gasteiger partial charge on any atom is -0.384 e. The van der Waals surface area contributed by atoms with E-state index in [4.69, 9.17) is 5.73 Å². The van der Waals surface area contributed by atoms with Gasteiger partial charge in [0.15, 0.2) is 0 Å². The Morgan fingerprint density at radius 3 is 2.74 bits per heavy atom. The van der Waals surface area contributed by atoms with Crippen LogP contribution in [0.15, 0.2) is 35.8 Å². The van der Waals surface area contributed by atoms with E-state index in [2.05, 4.69) is 4.98 Å². The molecular weight excluding hydrogens is 258 g/mol. The van der Waals surface area contributed by atoms with Gasteiger partial charge in [-0.1, -0.05) is 6.07 Å². The van der Waals surface area contributed by atoms with Crippen LogP contribution in [0, 0.1) is 0 Å². The molecule has 100 valence electrons. The Kier molecular flexibility index (Phi) is 4.16. The molecule has 0 aromatic carbocycles. The van der Waals surface area contributed by atoms with E-state index in [0.29, 0.717) is 17.9 Å². The summed E-state index contributed by atoms with van der Waals surface area (Å²) < 4.78 is 0. The Morgan fingerprint density at radius 1 is 1.42 bits per heavy atom. The molecule has 0 unspecified atom stereocenters. The first-order chi connectivity index (χ1) is 9.08. The third-order valence-electron chi connectivity index (χ3n) is 2.82. The third-order valence-corrected chi connectivity index (χ3v) is 3.68. The fraction of sp³-hybridized carbons (Fsp3) is 0.286. The zero-order valence-electron chi connectivity index (χ0n) is 11.0. The van der Waals surface area contributed by atoms with Crippen molar-refractivity contribution in [1.82, 2.24) is 9.88 Å². The first-order valence-electron chi connectivity index (χ1n) is 6.13. The van der Waals surface area contributed by atoms with E-state index in [0.717, 1.165) is 0 Å². The number of rotatable bonds is 4. The van der Waals surface area contributed by atoms with Crippen LogP contribution in [0.2, 0.25) is 0 Å². The van der Waals surface area contributed by atoms with Crippen molar-refractivity contribution in [2.75, 3.05) is 5.73 Å². The average molecular weight is 275 g/mol. The molecular formula is C14H17N3OS. The molecule has 2 aromatic rings. The molecule has 0 atom stereocenters. The van der Waals surface area contributed by atoms with Crippen LogP contribution in [0.3, 0.4) is 0 Å². The van der Waals surface area contributed by atoms with Gasteiger partial charge in [0, 0.05) is 17.1 Å². The molecule has 0 aliphatic carbocycles. The summed E-state index contributed by atoms with van der Waals surface area (Å²) in [6, 6.07) is 7.53. The van der Waals surface area contributed by atoms with Gasteiger partial charge in [0.05, 0.1) is 12.1 Å². The molecule has 5 heteroatoms. The number of carbonyl (C=O) groups is 1. The smallest absolute Gasteiger partial charge is 0.255 e.